The monoisotopic (exact) mass is 283 g/mol. The number of anilines is 1. The fourth-order valence-electron chi connectivity index (χ4n) is 2.01. The first-order chi connectivity index (χ1) is 9.83. The molecule has 7 heteroatoms. The number of pyridine rings is 1. The summed E-state index contributed by atoms with van der Waals surface area (Å²) in [7, 11) is 0. The minimum absolute atomic E-state index is 0.552. The summed E-state index contributed by atoms with van der Waals surface area (Å²) >= 11 is 1.48. The van der Waals surface area contributed by atoms with Gasteiger partial charge in [-0.2, -0.15) is 4.98 Å². The van der Waals surface area contributed by atoms with Crippen molar-refractivity contribution in [2.24, 2.45) is 5.84 Å². The van der Waals surface area contributed by atoms with Crippen LogP contribution in [0.1, 0.15) is 0 Å². The van der Waals surface area contributed by atoms with Gasteiger partial charge < -0.3 is 4.42 Å². The Morgan fingerprint density at radius 1 is 1.20 bits per heavy atom. The molecule has 0 aliphatic heterocycles. The van der Waals surface area contributed by atoms with E-state index in [0.717, 1.165) is 15.8 Å². The van der Waals surface area contributed by atoms with E-state index in [-0.39, 0.29) is 0 Å². The SMILES string of the molecule is NNc1nc2ccc(-c3nc4ncccc4o3)cc2s1. The fraction of sp³-hybridized carbons (Fsp3) is 0. The highest BCUT2D eigenvalue weighted by atomic mass is 32.1. The first-order valence-electron chi connectivity index (χ1n) is 5.92. The molecule has 20 heavy (non-hydrogen) atoms. The van der Waals surface area contributed by atoms with Crippen LogP contribution >= 0.6 is 11.3 Å². The van der Waals surface area contributed by atoms with E-state index in [4.69, 9.17) is 10.3 Å². The molecule has 98 valence electrons. The number of fused-ring (bicyclic) bond motifs is 2. The molecule has 0 atom stereocenters. The lowest BCUT2D eigenvalue weighted by Gasteiger charge is -1.94. The zero-order valence-electron chi connectivity index (χ0n) is 10.2. The van der Waals surface area contributed by atoms with Crippen LogP contribution < -0.4 is 11.3 Å². The Bertz CT molecular complexity index is 880. The molecular formula is C13H9N5OS. The molecule has 3 N–H and O–H groups in total. The van der Waals surface area contributed by atoms with Gasteiger partial charge in [-0.25, -0.2) is 15.8 Å². The molecule has 0 fully saturated rings. The van der Waals surface area contributed by atoms with Crippen LogP contribution in [0.2, 0.25) is 0 Å². The maximum atomic E-state index is 5.71. The lowest BCUT2D eigenvalue weighted by Crippen LogP contribution is -2.05. The Kier molecular flexibility index (Phi) is 2.41. The maximum absolute atomic E-state index is 5.71. The van der Waals surface area contributed by atoms with E-state index in [1.807, 2.05) is 30.3 Å². The van der Waals surface area contributed by atoms with E-state index in [1.165, 1.54) is 11.3 Å². The lowest BCUT2D eigenvalue weighted by molar-refractivity contribution is 0.620. The quantitative estimate of drug-likeness (QED) is 0.434. The van der Waals surface area contributed by atoms with Crippen LogP contribution in [-0.4, -0.2) is 15.0 Å². The number of nitrogens with one attached hydrogen (secondary N) is 1. The highest BCUT2D eigenvalue weighted by Crippen LogP contribution is 2.30. The number of hydrogen-bond acceptors (Lipinski definition) is 7. The highest BCUT2D eigenvalue weighted by molar-refractivity contribution is 7.22. The number of nitrogens with two attached hydrogens (primary N) is 1. The molecule has 1 aromatic carbocycles. The average Bonchev–Trinajstić information content (AvgIpc) is 3.09. The van der Waals surface area contributed by atoms with E-state index in [2.05, 4.69) is 20.4 Å². The molecule has 0 aliphatic rings. The molecule has 0 saturated carbocycles. The van der Waals surface area contributed by atoms with Crippen molar-refractivity contribution < 1.29 is 4.42 Å². The van der Waals surface area contributed by atoms with Gasteiger partial charge in [0, 0.05) is 11.8 Å². The van der Waals surface area contributed by atoms with E-state index >= 15 is 0 Å². The average molecular weight is 283 g/mol. The Balaban J connectivity index is 1.88. The van der Waals surface area contributed by atoms with E-state index < -0.39 is 0 Å². The molecule has 6 nitrogen and oxygen atoms in total. The van der Waals surface area contributed by atoms with Gasteiger partial charge in [-0.15, -0.1) is 0 Å². The van der Waals surface area contributed by atoms with Crippen LogP contribution in [0.5, 0.6) is 0 Å². The van der Waals surface area contributed by atoms with Crippen molar-refractivity contribution in [2.75, 3.05) is 5.43 Å². The van der Waals surface area contributed by atoms with Crippen molar-refractivity contribution >= 4 is 37.9 Å². The van der Waals surface area contributed by atoms with Crippen LogP contribution in [0.3, 0.4) is 0 Å². The van der Waals surface area contributed by atoms with Crippen LogP contribution in [0.25, 0.3) is 32.9 Å². The first kappa shape index (κ1) is 11.3. The largest absolute Gasteiger partial charge is 0.434 e. The third-order valence-corrected chi connectivity index (χ3v) is 3.87. The summed E-state index contributed by atoms with van der Waals surface area (Å²) in [6.45, 7) is 0. The van der Waals surface area contributed by atoms with Crippen molar-refractivity contribution in [3.8, 4) is 11.5 Å². The number of benzene rings is 1. The van der Waals surface area contributed by atoms with Gasteiger partial charge >= 0.3 is 0 Å². The molecule has 3 aromatic heterocycles. The van der Waals surface area contributed by atoms with Gasteiger partial charge in [0.1, 0.15) is 0 Å². The van der Waals surface area contributed by atoms with Crippen LogP contribution in [0, 0.1) is 0 Å². The number of hydrazine groups is 1. The van der Waals surface area contributed by atoms with Gasteiger partial charge in [0.2, 0.25) is 5.89 Å². The molecule has 0 unspecified atom stereocenters. The summed E-state index contributed by atoms with van der Waals surface area (Å²) in [4.78, 5) is 12.9. The number of oxazole rings is 1. The second-order valence-electron chi connectivity index (χ2n) is 4.19. The van der Waals surface area contributed by atoms with Crippen LogP contribution in [0.15, 0.2) is 40.9 Å². The summed E-state index contributed by atoms with van der Waals surface area (Å²) in [6.07, 6.45) is 1.69. The normalized spacial score (nSPS) is 11.2. The molecule has 3 heterocycles. The van der Waals surface area contributed by atoms with Gasteiger partial charge in [0.25, 0.3) is 0 Å². The first-order valence-corrected chi connectivity index (χ1v) is 6.74. The van der Waals surface area contributed by atoms with Crippen molar-refractivity contribution in [2.45, 2.75) is 0 Å². The zero-order chi connectivity index (χ0) is 13.5. The smallest absolute Gasteiger partial charge is 0.228 e. The number of rotatable bonds is 2. The lowest BCUT2D eigenvalue weighted by atomic mass is 10.2. The molecule has 0 aliphatic carbocycles. The van der Waals surface area contributed by atoms with Crippen LogP contribution in [-0.2, 0) is 0 Å². The summed E-state index contributed by atoms with van der Waals surface area (Å²) in [5, 5.41) is 0.677. The highest BCUT2D eigenvalue weighted by Gasteiger charge is 2.10. The standard InChI is InChI=1S/C13H9N5OS/c14-18-13-16-8-4-3-7(6-10(8)20-13)12-17-11-9(19-12)2-1-5-15-11/h1-6H,14H2,(H,16,18). The van der Waals surface area contributed by atoms with Crippen molar-refractivity contribution in [3.63, 3.8) is 0 Å². The zero-order valence-corrected chi connectivity index (χ0v) is 11.0. The fourth-order valence-corrected chi connectivity index (χ4v) is 2.83. The molecule has 0 spiro atoms. The Morgan fingerprint density at radius 2 is 2.15 bits per heavy atom. The van der Waals surface area contributed by atoms with Gasteiger partial charge in [0.05, 0.1) is 10.2 Å². The van der Waals surface area contributed by atoms with Crippen molar-refractivity contribution in [1.29, 1.82) is 0 Å². The maximum Gasteiger partial charge on any atom is 0.228 e. The second-order valence-corrected chi connectivity index (χ2v) is 5.22. The summed E-state index contributed by atoms with van der Waals surface area (Å²) in [5.41, 5.74) is 5.62. The molecule has 0 saturated heterocycles. The second kappa shape index (κ2) is 4.26. The predicted octanol–water partition coefficient (Wildman–Crippen LogP) is 2.79. The Morgan fingerprint density at radius 3 is 3.00 bits per heavy atom. The molecule has 4 rings (SSSR count). The molecule has 0 radical (unpaired) electrons. The Labute approximate surface area is 117 Å². The van der Waals surface area contributed by atoms with Gasteiger partial charge in [-0.05, 0) is 30.3 Å². The van der Waals surface area contributed by atoms with E-state index in [1.54, 1.807) is 6.20 Å². The summed E-state index contributed by atoms with van der Waals surface area (Å²) in [6, 6.07) is 9.50. The summed E-state index contributed by atoms with van der Waals surface area (Å²) < 4.78 is 6.73. The van der Waals surface area contributed by atoms with Gasteiger partial charge in [-0.3, -0.25) is 5.43 Å². The van der Waals surface area contributed by atoms with Crippen molar-refractivity contribution in [3.05, 3.63) is 36.5 Å². The third kappa shape index (κ3) is 1.72. The van der Waals surface area contributed by atoms with Crippen molar-refractivity contribution in [1.82, 2.24) is 15.0 Å². The number of nitrogen functional groups attached to an aromatic ring is 1. The molecule has 0 bridgehead atoms. The third-order valence-electron chi connectivity index (χ3n) is 2.92. The topological polar surface area (TPSA) is 89.9 Å². The van der Waals surface area contributed by atoms with E-state index in [9.17, 15) is 0 Å². The minimum atomic E-state index is 0.552. The van der Waals surface area contributed by atoms with E-state index in [0.29, 0.717) is 22.3 Å². The predicted molar refractivity (Wildman–Crippen MR) is 78.2 cm³/mol. The number of nitrogens with zero attached hydrogens (tertiary/aromatic N) is 3. The molecular weight excluding hydrogens is 274 g/mol. The van der Waals surface area contributed by atoms with Gasteiger partial charge in [-0.1, -0.05) is 11.3 Å². The van der Waals surface area contributed by atoms with Crippen LogP contribution in [0.4, 0.5) is 5.13 Å². The number of hydrogen-bond donors (Lipinski definition) is 2. The number of aromatic nitrogens is 3. The minimum Gasteiger partial charge on any atom is -0.434 e. The molecule has 0 amide bonds. The van der Waals surface area contributed by atoms with Gasteiger partial charge in [0.15, 0.2) is 16.4 Å². The summed E-state index contributed by atoms with van der Waals surface area (Å²) in [5.74, 6) is 5.92. The Hall–Kier alpha value is -2.51. The number of thiazole rings is 1. The molecule has 4 aromatic rings.